The second kappa shape index (κ2) is 7.99. The van der Waals surface area contributed by atoms with Crippen LogP contribution in [0, 0.1) is 22.7 Å². The normalized spacial score (nSPS) is 11.3. The van der Waals surface area contributed by atoms with E-state index >= 15 is 0 Å². The third kappa shape index (κ3) is 4.37. The summed E-state index contributed by atoms with van der Waals surface area (Å²) in [5.41, 5.74) is 0.828. The van der Waals surface area contributed by atoms with E-state index in [1.54, 1.807) is 24.3 Å². The summed E-state index contributed by atoms with van der Waals surface area (Å²) in [6.07, 6.45) is 5.27. The molecule has 0 unspecified atom stereocenters. The van der Waals surface area contributed by atoms with Crippen LogP contribution in [-0.2, 0) is 9.59 Å². The number of aliphatic carboxylic acids is 2. The van der Waals surface area contributed by atoms with Crippen molar-refractivity contribution in [1.29, 1.82) is 10.5 Å². The van der Waals surface area contributed by atoms with Gasteiger partial charge in [-0.1, -0.05) is 0 Å². The maximum Gasteiger partial charge on any atom is 0.346 e. The molecule has 0 fully saturated rings. The zero-order valence-corrected chi connectivity index (χ0v) is 13.1. The van der Waals surface area contributed by atoms with Crippen LogP contribution in [0.15, 0.2) is 47.8 Å². The Kier molecular flexibility index (Phi) is 5.55. The van der Waals surface area contributed by atoms with Gasteiger partial charge in [0.05, 0.1) is 11.4 Å². The highest BCUT2D eigenvalue weighted by Gasteiger charge is 2.09. The van der Waals surface area contributed by atoms with Gasteiger partial charge in [0.15, 0.2) is 0 Å². The molecule has 0 atom stereocenters. The molecule has 0 bridgehead atoms. The minimum atomic E-state index is -1.34. The molecule has 0 amide bonds. The first-order chi connectivity index (χ1) is 12.4. The van der Waals surface area contributed by atoms with Crippen molar-refractivity contribution in [2.75, 3.05) is 0 Å². The molecule has 8 nitrogen and oxygen atoms in total. The second-order valence-electron chi connectivity index (χ2n) is 4.90. The smallest absolute Gasteiger partial charge is 0.346 e. The van der Waals surface area contributed by atoms with E-state index in [2.05, 4.69) is 9.97 Å². The molecule has 0 saturated heterocycles. The Morgan fingerprint density at radius 2 is 1.23 bits per heavy atom. The number of hydrogen-bond donors (Lipinski definition) is 2. The number of aromatic nitrogens is 2. The number of rotatable bonds is 5. The van der Waals surface area contributed by atoms with Gasteiger partial charge < -0.3 is 10.2 Å². The lowest BCUT2D eigenvalue weighted by Gasteiger charge is -2.03. The van der Waals surface area contributed by atoms with Gasteiger partial charge in [-0.2, -0.15) is 10.5 Å². The SMILES string of the molecule is N#C/C(=C/c1ccnc(-c2cc(/C=C(\C#N)C(=O)O)ccn2)c1)C(=O)O. The van der Waals surface area contributed by atoms with Crippen LogP contribution >= 0.6 is 0 Å². The average Bonchev–Trinajstić information content (AvgIpc) is 2.64. The van der Waals surface area contributed by atoms with Gasteiger partial charge in [0.2, 0.25) is 0 Å². The van der Waals surface area contributed by atoms with Crippen LogP contribution in [0.2, 0.25) is 0 Å². The molecule has 2 aromatic heterocycles. The number of hydrogen-bond acceptors (Lipinski definition) is 6. The maximum absolute atomic E-state index is 10.9. The Bertz CT molecular complexity index is 942. The Labute approximate surface area is 147 Å². The van der Waals surface area contributed by atoms with E-state index in [0.717, 1.165) is 0 Å². The third-order valence-electron chi connectivity index (χ3n) is 3.15. The highest BCUT2D eigenvalue weighted by atomic mass is 16.4. The highest BCUT2D eigenvalue weighted by molar-refractivity contribution is 5.97. The summed E-state index contributed by atoms with van der Waals surface area (Å²) >= 11 is 0. The Balaban J connectivity index is 2.45. The largest absolute Gasteiger partial charge is 0.477 e. The number of nitrogens with zero attached hydrogens (tertiary/aromatic N) is 4. The first-order valence-electron chi connectivity index (χ1n) is 7.07. The van der Waals surface area contributed by atoms with Crippen LogP contribution < -0.4 is 0 Å². The molecular weight excluding hydrogens is 336 g/mol. The van der Waals surface area contributed by atoms with E-state index in [9.17, 15) is 9.59 Å². The molecule has 0 spiro atoms. The summed E-state index contributed by atoms with van der Waals surface area (Å²) in [6.45, 7) is 0. The molecule has 0 aromatic carbocycles. The summed E-state index contributed by atoms with van der Waals surface area (Å²) in [6, 6.07) is 9.32. The monoisotopic (exact) mass is 346 g/mol. The summed E-state index contributed by atoms with van der Waals surface area (Å²) in [5, 5.41) is 35.5. The number of nitriles is 2. The van der Waals surface area contributed by atoms with Crippen molar-refractivity contribution in [3.05, 3.63) is 58.9 Å². The van der Waals surface area contributed by atoms with Crippen LogP contribution in [0.25, 0.3) is 23.5 Å². The standard InChI is InChI=1S/C18H10N4O4/c19-9-13(17(23)24)5-11-1-3-21-15(7-11)16-8-12(2-4-22-16)6-14(10-20)18(25)26/h1-8H,(H,23,24)(H,25,26)/b13-5-,14-6+. The van der Waals surface area contributed by atoms with Crippen LogP contribution in [-0.4, -0.2) is 32.1 Å². The minimum Gasteiger partial charge on any atom is -0.477 e. The molecular formula is C18H10N4O4. The molecule has 2 N–H and O–H groups in total. The van der Waals surface area contributed by atoms with Gasteiger partial charge in [-0.25, -0.2) is 9.59 Å². The van der Waals surface area contributed by atoms with Crippen LogP contribution in [0.5, 0.6) is 0 Å². The van der Waals surface area contributed by atoms with Crippen molar-refractivity contribution in [2.24, 2.45) is 0 Å². The molecule has 8 heteroatoms. The molecule has 126 valence electrons. The lowest BCUT2D eigenvalue weighted by atomic mass is 10.1. The molecule has 0 radical (unpaired) electrons. The van der Waals surface area contributed by atoms with E-state index in [1.807, 2.05) is 0 Å². The van der Waals surface area contributed by atoms with Crippen molar-refractivity contribution < 1.29 is 19.8 Å². The number of carbonyl (C=O) groups is 2. The zero-order valence-electron chi connectivity index (χ0n) is 13.1. The Morgan fingerprint density at radius 3 is 1.54 bits per heavy atom. The fourth-order valence-electron chi connectivity index (χ4n) is 1.97. The summed E-state index contributed by atoms with van der Waals surface area (Å²) in [7, 11) is 0. The van der Waals surface area contributed by atoms with Crippen molar-refractivity contribution >= 4 is 24.1 Å². The van der Waals surface area contributed by atoms with Gasteiger partial charge >= 0.3 is 11.9 Å². The van der Waals surface area contributed by atoms with Gasteiger partial charge in [0.1, 0.15) is 23.3 Å². The highest BCUT2D eigenvalue weighted by Crippen LogP contribution is 2.19. The van der Waals surface area contributed by atoms with Crippen molar-refractivity contribution in [3.8, 4) is 23.5 Å². The third-order valence-corrected chi connectivity index (χ3v) is 3.15. The molecule has 0 saturated carbocycles. The molecule has 2 rings (SSSR count). The number of carboxylic acids is 2. The van der Waals surface area contributed by atoms with Crippen molar-refractivity contribution in [2.45, 2.75) is 0 Å². The molecule has 26 heavy (non-hydrogen) atoms. The Hall–Kier alpha value is -4.30. The van der Waals surface area contributed by atoms with Crippen LogP contribution in [0.1, 0.15) is 11.1 Å². The van der Waals surface area contributed by atoms with E-state index in [-0.39, 0.29) is 0 Å². The van der Waals surface area contributed by atoms with E-state index in [0.29, 0.717) is 22.5 Å². The van der Waals surface area contributed by atoms with Gasteiger partial charge in [-0.15, -0.1) is 0 Å². The van der Waals surface area contributed by atoms with E-state index in [1.165, 1.54) is 36.7 Å². The van der Waals surface area contributed by atoms with Gasteiger partial charge in [0, 0.05) is 12.4 Å². The van der Waals surface area contributed by atoms with E-state index < -0.39 is 23.1 Å². The second-order valence-corrected chi connectivity index (χ2v) is 4.90. The predicted molar refractivity (Wildman–Crippen MR) is 89.9 cm³/mol. The molecule has 0 aliphatic carbocycles. The number of pyridine rings is 2. The Morgan fingerprint density at radius 1 is 0.846 bits per heavy atom. The molecule has 0 aliphatic rings. The van der Waals surface area contributed by atoms with Crippen molar-refractivity contribution in [3.63, 3.8) is 0 Å². The van der Waals surface area contributed by atoms with Gasteiger partial charge in [-0.05, 0) is 47.5 Å². The van der Waals surface area contributed by atoms with Crippen LogP contribution in [0.4, 0.5) is 0 Å². The van der Waals surface area contributed by atoms with E-state index in [4.69, 9.17) is 20.7 Å². The molecule has 2 aromatic rings. The fraction of sp³-hybridized carbons (Fsp3) is 0. The summed E-state index contributed by atoms with van der Waals surface area (Å²) in [5.74, 6) is -2.68. The first-order valence-corrected chi connectivity index (χ1v) is 7.07. The van der Waals surface area contributed by atoms with Crippen molar-refractivity contribution in [1.82, 2.24) is 9.97 Å². The number of carboxylic acid groups (broad SMARTS) is 2. The summed E-state index contributed by atoms with van der Waals surface area (Å²) < 4.78 is 0. The molecule has 0 aliphatic heterocycles. The van der Waals surface area contributed by atoms with Crippen LogP contribution in [0.3, 0.4) is 0 Å². The zero-order chi connectivity index (χ0) is 19.1. The predicted octanol–water partition coefficient (Wildman–Crippen LogP) is 2.13. The lowest BCUT2D eigenvalue weighted by molar-refractivity contribution is -0.133. The molecule has 2 heterocycles. The topological polar surface area (TPSA) is 148 Å². The summed E-state index contributed by atoms with van der Waals surface area (Å²) in [4.78, 5) is 30.1. The fourth-order valence-corrected chi connectivity index (χ4v) is 1.97. The average molecular weight is 346 g/mol. The quantitative estimate of drug-likeness (QED) is 0.618. The van der Waals surface area contributed by atoms with Gasteiger partial charge in [0.25, 0.3) is 0 Å². The van der Waals surface area contributed by atoms with Gasteiger partial charge in [-0.3, -0.25) is 9.97 Å². The lowest BCUT2D eigenvalue weighted by Crippen LogP contribution is -1.98. The maximum atomic E-state index is 10.9. The first kappa shape index (κ1) is 18.0. The minimum absolute atomic E-state index is 0.394.